The number of methoxy groups -OCH3 is 1. The third-order valence-electron chi connectivity index (χ3n) is 4.90. The highest BCUT2D eigenvalue weighted by atomic mass is 16.5. The second-order valence-electron chi connectivity index (χ2n) is 6.66. The maximum atomic E-state index is 12.6. The first-order valence-corrected chi connectivity index (χ1v) is 9.03. The summed E-state index contributed by atoms with van der Waals surface area (Å²) in [6, 6.07) is 7.24. The zero-order valence-electron chi connectivity index (χ0n) is 15.9. The van der Waals surface area contributed by atoms with Gasteiger partial charge in [0.1, 0.15) is 11.6 Å². The van der Waals surface area contributed by atoms with Gasteiger partial charge < -0.3 is 15.0 Å². The predicted octanol–water partition coefficient (Wildman–Crippen LogP) is 2.77. The molecule has 0 radical (unpaired) electrons. The van der Waals surface area contributed by atoms with E-state index in [9.17, 15) is 9.59 Å². The highest BCUT2D eigenvalue weighted by molar-refractivity contribution is 6.05. The Morgan fingerprint density at radius 1 is 1.22 bits per heavy atom. The van der Waals surface area contributed by atoms with Crippen LogP contribution >= 0.6 is 0 Å². The lowest BCUT2D eigenvalue weighted by Gasteiger charge is -2.30. The van der Waals surface area contributed by atoms with Crippen LogP contribution in [0.3, 0.4) is 0 Å². The second-order valence-corrected chi connectivity index (χ2v) is 6.66. The SMILES string of the molecule is COc1ccccc1NC(=O)c1cnc(C2CCN(C(C)=O)CC2)nc1C. The third-order valence-corrected chi connectivity index (χ3v) is 4.90. The van der Waals surface area contributed by atoms with Gasteiger partial charge in [-0.3, -0.25) is 9.59 Å². The molecule has 0 saturated carbocycles. The van der Waals surface area contributed by atoms with Crippen LogP contribution < -0.4 is 10.1 Å². The molecule has 1 aromatic carbocycles. The Kier molecular flexibility index (Phi) is 5.69. The molecular weight excluding hydrogens is 344 g/mol. The highest BCUT2D eigenvalue weighted by Gasteiger charge is 2.25. The molecule has 1 saturated heterocycles. The summed E-state index contributed by atoms with van der Waals surface area (Å²) >= 11 is 0. The Bertz CT molecular complexity index is 845. The Morgan fingerprint density at radius 3 is 2.56 bits per heavy atom. The summed E-state index contributed by atoms with van der Waals surface area (Å²) in [7, 11) is 1.56. The number of hydrogen-bond acceptors (Lipinski definition) is 5. The molecule has 7 heteroatoms. The summed E-state index contributed by atoms with van der Waals surface area (Å²) in [4.78, 5) is 34.9. The van der Waals surface area contributed by atoms with Crippen molar-refractivity contribution < 1.29 is 14.3 Å². The molecule has 0 unspecified atom stereocenters. The number of piperidine rings is 1. The minimum Gasteiger partial charge on any atom is -0.495 e. The van der Waals surface area contributed by atoms with E-state index >= 15 is 0 Å². The molecule has 1 aliphatic heterocycles. The van der Waals surface area contributed by atoms with E-state index in [0.717, 1.165) is 31.8 Å². The fourth-order valence-corrected chi connectivity index (χ4v) is 3.29. The molecule has 2 amide bonds. The number of rotatable bonds is 4. The molecule has 1 aliphatic rings. The van der Waals surface area contributed by atoms with Gasteiger partial charge in [-0.25, -0.2) is 9.97 Å². The zero-order valence-corrected chi connectivity index (χ0v) is 15.9. The third kappa shape index (κ3) is 4.24. The van der Waals surface area contributed by atoms with E-state index < -0.39 is 0 Å². The van der Waals surface area contributed by atoms with Gasteiger partial charge in [0, 0.05) is 32.1 Å². The summed E-state index contributed by atoms with van der Waals surface area (Å²) in [6.07, 6.45) is 3.26. The van der Waals surface area contributed by atoms with Crippen LogP contribution in [0.2, 0.25) is 0 Å². The molecule has 7 nitrogen and oxygen atoms in total. The maximum Gasteiger partial charge on any atom is 0.259 e. The van der Waals surface area contributed by atoms with Gasteiger partial charge in [0.25, 0.3) is 5.91 Å². The topological polar surface area (TPSA) is 84.4 Å². The quantitative estimate of drug-likeness (QED) is 0.897. The van der Waals surface area contributed by atoms with E-state index in [4.69, 9.17) is 4.74 Å². The summed E-state index contributed by atoms with van der Waals surface area (Å²) in [5.41, 5.74) is 1.68. The van der Waals surface area contributed by atoms with Gasteiger partial charge in [-0.05, 0) is 31.9 Å². The number of carbonyl (C=O) groups excluding carboxylic acids is 2. The zero-order chi connectivity index (χ0) is 19.4. The van der Waals surface area contributed by atoms with E-state index in [-0.39, 0.29) is 17.7 Å². The van der Waals surface area contributed by atoms with Crippen LogP contribution in [-0.4, -0.2) is 46.9 Å². The fourth-order valence-electron chi connectivity index (χ4n) is 3.29. The van der Waals surface area contributed by atoms with Crippen molar-refractivity contribution in [2.75, 3.05) is 25.5 Å². The number of ether oxygens (including phenoxy) is 1. The van der Waals surface area contributed by atoms with Gasteiger partial charge in [0.2, 0.25) is 5.91 Å². The lowest BCUT2D eigenvalue weighted by molar-refractivity contribution is -0.129. The largest absolute Gasteiger partial charge is 0.495 e. The van der Waals surface area contributed by atoms with Crippen LogP contribution in [0.15, 0.2) is 30.5 Å². The lowest BCUT2D eigenvalue weighted by atomic mass is 9.95. The summed E-state index contributed by atoms with van der Waals surface area (Å²) < 4.78 is 5.26. The van der Waals surface area contributed by atoms with Gasteiger partial charge in [-0.2, -0.15) is 0 Å². The van der Waals surface area contributed by atoms with E-state index in [1.54, 1.807) is 32.4 Å². The van der Waals surface area contributed by atoms with E-state index in [2.05, 4.69) is 15.3 Å². The Labute approximate surface area is 158 Å². The number of aryl methyl sites for hydroxylation is 1. The van der Waals surface area contributed by atoms with Crippen molar-refractivity contribution >= 4 is 17.5 Å². The second kappa shape index (κ2) is 8.16. The molecule has 0 bridgehead atoms. The van der Waals surface area contributed by atoms with Crippen LogP contribution in [0, 0.1) is 6.92 Å². The predicted molar refractivity (Wildman–Crippen MR) is 102 cm³/mol. The van der Waals surface area contributed by atoms with Gasteiger partial charge in [-0.1, -0.05) is 12.1 Å². The Hall–Kier alpha value is -2.96. The van der Waals surface area contributed by atoms with Crippen molar-refractivity contribution in [1.29, 1.82) is 0 Å². The van der Waals surface area contributed by atoms with Crippen molar-refractivity contribution in [1.82, 2.24) is 14.9 Å². The maximum absolute atomic E-state index is 12.6. The standard InChI is InChI=1S/C20H24N4O3/c1-13-16(20(26)23-17-6-4-5-7-18(17)27-3)12-21-19(22-13)15-8-10-24(11-9-15)14(2)25/h4-7,12,15H,8-11H2,1-3H3,(H,23,26). The minimum atomic E-state index is -0.269. The van der Waals surface area contributed by atoms with Crippen LogP contribution in [0.4, 0.5) is 5.69 Å². The fraction of sp³-hybridized carbons (Fsp3) is 0.400. The van der Waals surface area contributed by atoms with Crippen LogP contribution in [0.25, 0.3) is 0 Å². The number of aromatic nitrogens is 2. The average Bonchev–Trinajstić information content (AvgIpc) is 2.68. The number of benzene rings is 1. The number of nitrogens with zero attached hydrogens (tertiary/aromatic N) is 3. The van der Waals surface area contributed by atoms with Gasteiger partial charge in [0.15, 0.2) is 0 Å². The number of amides is 2. The molecule has 3 rings (SSSR count). The van der Waals surface area contributed by atoms with E-state index in [0.29, 0.717) is 22.7 Å². The molecule has 0 spiro atoms. The normalized spacial score (nSPS) is 14.7. The summed E-state index contributed by atoms with van der Waals surface area (Å²) in [5, 5.41) is 2.85. The van der Waals surface area contributed by atoms with Crippen molar-refractivity contribution in [2.24, 2.45) is 0 Å². The number of likely N-dealkylation sites (tertiary alicyclic amines) is 1. The smallest absolute Gasteiger partial charge is 0.259 e. The minimum absolute atomic E-state index is 0.105. The highest BCUT2D eigenvalue weighted by Crippen LogP contribution is 2.27. The first-order chi connectivity index (χ1) is 13.0. The van der Waals surface area contributed by atoms with Gasteiger partial charge in [-0.15, -0.1) is 0 Å². The molecule has 27 heavy (non-hydrogen) atoms. The van der Waals surface area contributed by atoms with Gasteiger partial charge in [0.05, 0.1) is 24.1 Å². The summed E-state index contributed by atoms with van der Waals surface area (Å²) in [5.74, 6) is 1.39. The van der Waals surface area contributed by atoms with Gasteiger partial charge >= 0.3 is 0 Å². The van der Waals surface area contributed by atoms with Crippen molar-refractivity contribution in [2.45, 2.75) is 32.6 Å². The molecule has 142 valence electrons. The molecule has 2 aromatic rings. The lowest BCUT2D eigenvalue weighted by Crippen LogP contribution is -2.36. The summed E-state index contributed by atoms with van der Waals surface area (Å²) in [6.45, 7) is 4.85. The number of carbonyl (C=O) groups is 2. The number of nitrogens with one attached hydrogen (secondary N) is 1. The molecular formula is C20H24N4O3. The van der Waals surface area contributed by atoms with Crippen molar-refractivity contribution in [3.05, 3.63) is 47.5 Å². The first-order valence-electron chi connectivity index (χ1n) is 9.03. The Balaban J connectivity index is 1.71. The molecule has 1 aromatic heterocycles. The monoisotopic (exact) mass is 368 g/mol. The Morgan fingerprint density at radius 2 is 1.93 bits per heavy atom. The van der Waals surface area contributed by atoms with E-state index in [1.807, 2.05) is 24.0 Å². The van der Waals surface area contributed by atoms with Crippen LogP contribution in [0.5, 0.6) is 5.75 Å². The van der Waals surface area contributed by atoms with Crippen molar-refractivity contribution in [3.63, 3.8) is 0 Å². The molecule has 0 aliphatic carbocycles. The number of para-hydroxylation sites is 2. The number of anilines is 1. The van der Waals surface area contributed by atoms with Crippen LogP contribution in [0.1, 0.15) is 47.6 Å². The van der Waals surface area contributed by atoms with Crippen molar-refractivity contribution in [3.8, 4) is 5.75 Å². The molecule has 2 heterocycles. The average molecular weight is 368 g/mol. The van der Waals surface area contributed by atoms with E-state index in [1.165, 1.54) is 0 Å². The molecule has 1 fully saturated rings. The first kappa shape index (κ1) is 18.8. The van der Waals surface area contributed by atoms with Crippen LogP contribution in [-0.2, 0) is 4.79 Å². The molecule has 1 N–H and O–H groups in total. The number of hydrogen-bond donors (Lipinski definition) is 1. The molecule has 0 atom stereocenters.